The molecule has 4 fully saturated rings. The lowest BCUT2D eigenvalue weighted by atomic mass is 9.78. The minimum absolute atomic E-state index is 0.00896. The smallest absolute Gasteiger partial charge is 0.424 e. The maximum absolute atomic E-state index is 13.3. The highest BCUT2D eigenvalue weighted by atomic mass is 16.6. The Balaban J connectivity index is 0.000000247. The van der Waals surface area contributed by atoms with Gasteiger partial charge in [-0.3, -0.25) is 33.4 Å². The number of nitrogens with zero attached hydrogens (tertiary/aromatic N) is 10. The predicted molar refractivity (Wildman–Crippen MR) is 262 cm³/mol. The highest BCUT2D eigenvalue weighted by Gasteiger charge is 2.58. The van der Waals surface area contributed by atoms with Crippen molar-refractivity contribution in [2.24, 2.45) is 15.9 Å². The van der Waals surface area contributed by atoms with E-state index in [0.29, 0.717) is 64.3 Å². The summed E-state index contributed by atoms with van der Waals surface area (Å²) in [5.41, 5.74) is 5.44. The molecule has 396 valence electrons. The molecule has 0 saturated carbocycles. The summed E-state index contributed by atoms with van der Waals surface area (Å²) in [7, 11) is 0. The summed E-state index contributed by atoms with van der Waals surface area (Å²) >= 11 is 0. The van der Waals surface area contributed by atoms with Crippen LogP contribution in [0.4, 0.5) is 21.0 Å². The average Bonchev–Trinajstić information content (AvgIpc) is 4.05. The average molecular weight is 1030 g/mol. The van der Waals surface area contributed by atoms with Crippen molar-refractivity contribution in [3.63, 3.8) is 0 Å². The van der Waals surface area contributed by atoms with E-state index >= 15 is 0 Å². The number of terminal acetylenes is 1. The van der Waals surface area contributed by atoms with Crippen molar-refractivity contribution >= 4 is 59.0 Å². The number of hydrogen-bond donors (Lipinski definition) is 2. The minimum atomic E-state index is -1.17. The van der Waals surface area contributed by atoms with Crippen LogP contribution in [-0.4, -0.2) is 133 Å². The number of hydrogen-bond acceptors (Lipinski definition) is 17. The number of aliphatic hydroxyl groups excluding tert-OH is 2. The Morgan fingerprint density at radius 2 is 1.19 bits per heavy atom. The van der Waals surface area contributed by atoms with Gasteiger partial charge in [0.25, 0.3) is 0 Å². The normalized spacial score (nSPS) is 19.6. The molecule has 2 N–H and O–H groups in total. The Kier molecular flexibility index (Phi) is 19.0. The van der Waals surface area contributed by atoms with Gasteiger partial charge in [-0.15, -0.1) is 11.5 Å². The highest BCUT2D eigenvalue weighted by Crippen LogP contribution is 2.45. The molecule has 0 aliphatic carbocycles. The van der Waals surface area contributed by atoms with Crippen molar-refractivity contribution in [2.75, 3.05) is 49.3 Å². The number of aryl methyl sites for hydroxylation is 1. The van der Waals surface area contributed by atoms with Crippen LogP contribution in [0.25, 0.3) is 10.4 Å². The molecule has 3 aromatic rings. The van der Waals surface area contributed by atoms with Gasteiger partial charge in [0.05, 0.1) is 17.0 Å². The van der Waals surface area contributed by atoms with E-state index in [1.54, 1.807) is 101 Å². The van der Waals surface area contributed by atoms with Gasteiger partial charge in [0.1, 0.15) is 41.6 Å². The third kappa shape index (κ3) is 14.6. The van der Waals surface area contributed by atoms with Gasteiger partial charge in [-0.25, -0.2) is 9.59 Å². The Labute approximate surface area is 427 Å². The third-order valence-electron chi connectivity index (χ3n) is 11.7. The maximum atomic E-state index is 13.3. The van der Waals surface area contributed by atoms with Crippen LogP contribution in [0.2, 0.25) is 0 Å². The molecular formula is C50H62N10O14. The number of aromatic nitrogens is 3. The summed E-state index contributed by atoms with van der Waals surface area (Å²) in [6, 6.07) is 13.6. The molecule has 0 bridgehead atoms. The van der Waals surface area contributed by atoms with Crippen molar-refractivity contribution in [3.8, 4) is 23.8 Å². The molecule has 2 aromatic carbocycles. The van der Waals surface area contributed by atoms with E-state index in [0.717, 1.165) is 0 Å². The zero-order valence-electron chi connectivity index (χ0n) is 42.4. The van der Waals surface area contributed by atoms with Crippen LogP contribution in [-0.2, 0) is 51.4 Å². The van der Waals surface area contributed by atoms with E-state index in [4.69, 9.17) is 41.1 Å². The van der Waals surface area contributed by atoms with Crippen LogP contribution in [0.1, 0.15) is 98.6 Å². The van der Waals surface area contributed by atoms with Crippen molar-refractivity contribution in [1.29, 1.82) is 0 Å². The van der Waals surface area contributed by atoms with Crippen LogP contribution in [0.15, 0.2) is 59.8 Å². The topological polar surface area (TPSA) is 306 Å². The van der Waals surface area contributed by atoms with Gasteiger partial charge in [-0.2, -0.15) is 9.80 Å². The fourth-order valence-electron chi connectivity index (χ4n) is 8.23. The lowest BCUT2D eigenvalue weighted by Crippen LogP contribution is -2.55. The van der Waals surface area contributed by atoms with Gasteiger partial charge in [0, 0.05) is 81.4 Å². The predicted octanol–water partition coefficient (Wildman–Crippen LogP) is 5.23. The van der Waals surface area contributed by atoms with E-state index in [1.807, 2.05) is 0 Å². The number of aliphatic hydroxyl groups is 2. The summed E-state index contributed by atoms with van der Waals surface area (Å²) in [6.45, 7) is 11.5. The molecule has 7 rings (SSSR count). The molecule has 2 atom stereocenters. The number of azide groups is 1. The number of ether oxygens (including phenoxy) is 4. The van der Waals surface area contributed by atoms with Crippen molar-refractivity contribution in [3.05, 3.63) is 70.9 Å². The molecule has 24 heteroatoms. The van der Waals surface area contributed by atoms with Gasteiger partial charge in [-0.05, 0) is 121 Å². The number of imide groups is 6. The van der Waals surface area contributed by atoms with Gasteiger partial charge in [0.15, 0.2) is 0 Å². The molecule has 8 amide bonds. The molecule has 4 aliphatic heterocycles. The van der Waals surface area contributed by atoms with E-state index in [2.05, 4.69) is 26.3 Å². The second kappa shape index (κ2) is 24.7. The Morgan fingerprint density at radius 1 is 0.730 bits per heavy atom. The van der Waals surface area contributed by atoms with E-state index in [1.165, 1.54) is 9.80 Å². The maximum Gasteiger partial charge on any atom is 0.424 e. The van der Waals surface area contributed by atoms with Crippen molar-refractivity contribution in [2.45, 2.75) is 117 Å². The molecule has 0 radical (unpaired) electrons. The summed E-state index contributed by atoms with van der Waals surface area (Å²) in [5, 5.41) is 28.2. The molecule has 4 saturated heterocycles. The van der Waals surface area contributed by atoms with E-state index < -0.39 is 57.8 Å². The third-order valence-corrected chi connectivity index (χ3v) is 11.7. The Bertz CT molecular complexity index is 2650. The summed E-state index contributed by atoms with van der Waals surface area (Å²) in [4.78, 5) is 109. The molecule has 2 spiro atoms. The monoisotopic (exact) mass is 1030 g/mol. The number of benzene rings is 2. The van der Waals surface area contributed by atoms with Gasteiger partial charge >= 0.3 is 12.2 Å². The van der Waals surface area contributed by atoms with Crippen LogP contribution in [0.5, 0.6) is 11.5 Å². The standard InChI is InChI=1S/C25H31N5O7.C22H24N2O6.C3H7N3O/c1-24(2,3)37-23(35)30-20(32)9-10-25(22(30)34)13-21(33)29(16-25)18-5-7-19(8-6-18)36-15-17-14-28(27-26-17)11-4-12-31;1-5-12-29-16-8-6-15(7-9-16)23-14-22(13-18(23)26)11-10-17(25)24(19(22)27)20(28)30-21(2,3)4;4-6-5-2-1-3-7/h5-8,14,31H,4,9-13,15-16H2,1-3H3;1,6-9H,10-14H2,2-4H3;7H,1-3H2. The van der Waals surface area contributed by atoms with E-state index in [9.17, 15) is 38.4 Å². The molecular weight excluding hydrogens is 965 g/mol. The fraction of sp³-hybridized carbons (Fsp3) is 0.520. The molecule has 74 heavy (non-hydrogen) atoms. The van der Waals surface area contributed by atoms with E-state index in [-0.39, 0.29) is 89.9 Å². The van der Waals surface area contributed by atoms with Crippen LogP contribution in [0.3, 0.4) is 0 Å². The highest BCUT2D eigenvalue weighted by molar-refractivity contribution is 6.16. The zero-order valence-corrected chi connectivity index (χ0v) is 42.4. The zero-order chi connectivity index (χ0) is 54.4. The number of rotatable bonds is 13. The van der Waals surface area contributed by atoms with Gasteiger partial charge < -0.3 is 39.0 Å². The number of amides is 8. The number of carbonyl (C=O) groups excluding carboxylic acids is 8. The number of anilines is 2. The van der Waals surface area contributed by atoms with Gasteiger partial charge in [-0.1, -0.05) is 16.2 Å². The van der Waals surface area contributed by atoms with Crippen LogP contribution < -0.4 is 19.3 Å². The SMILES string of the molecule is C#CCOc1ccc(N2CC3(CCC(=O)N(C(=O)OC(C)(C)C)C3=O)CC2=O)cc1.CC(C)(C)OC(=O)N1C(=O)CCC2(CC(=O)N(c3ccc(OCc4cn(CCCO)nn4)cc3)C2)C1=O.[N-]=[N+]=NCCCO. The second-order valence-electron chi connectivity index (χ2n) is 19.8. The van der Waals surface area contributed by atoms with Crippen molar-refractivity contribution in [1.82, 2.24) is 24.8 Å². The largest absolute Gasteiger partial charge is 0.487 e. The lowest BCUT2D eigenvalue weighted by Gasteiger charge is -2.36. The first-order valence-corrected chi connectivity index (χ1v) is 23.8. The lowest BCUT2D eigenvalue weighted by molar-refractivity contribution is -0.157. The second-order valence-corrected chi connectivity index (χ2v) is 19.8. The minimum Gasteiger partial charge on any atom is -0.487 e. The first-order chi connectivity index (χ1) is 35.0. The molecule has 24 nitrogen and oxygen atoms in total. The molecule has 2 unspecified atom stereocenters. The van der Waals surface area contributed by atoms with Crippen molar-refractivity contribution < 1.29 is 67.5 Å². The summed E-state index contributed by atoms with van der Waals surface area (Å²) in [5.74, 6) is 0.376. The molecule has 4 aliphatic rings. The number of piperidine rings is 2. The van der Waals surface area contributed by atoms with Gasteiger partial charge in [0.2, 0.25) is 35.4 Å². The molecule has 5 heterocycles. The first kappa shape index (κ1) is 57.0. The summed E-state index contributed by atoms with van der Waals surface area (Å²) in [6.07, 6.45) is 6.24. The number of likely N-dealkylation sites (tertiary alicyclic amines) is 2. The Morgan fingerprint density at radius 3 is 1.61 bits per heavy atom. The van der Waals surface area contributed by atoms with Crippen LogP contribution >= 0.6 is 0 Å². The fourth-order valence-corrected chi connectivity index (χ4v) is 8.23. The summed E-state index contributed by atoms with van der Waals surface area (Å²) < 4.78 is 23.2. The number of carbonyl (C=O) groups is 8. The van der Waals surface area contributed by atoms with Crippen LogP contribution in [0, 0.1) is 23.2 Å². The molecule has 1 aromatic heterocycles. The quantitative estimate of drug-likeness (QED) is 0.0553. The Hall–Kier alpha value is -7.87. The first-order valence-electron chi connectivity index (χ1n) is 23.8.